The minimum atomic E-state index is -0.848. The fourth-order valence-electron chi connectivity index (χ4n) is 9.99. The van der Waals surface area contributed by atoms with Crippen LogP contribution in [-0.2, 0) is 14.3 Å². The Hall–Kier alpha value is -1.40. The van der Waals surface area contributed by atoms with Crippen molar-refractivity contribution in [3.05, 3.63) is 12.2 Å². The predicted octanol–water partition coefficient (Wildman–Crippen LogP) is 19.6. The summed E-state index contributed by atoms with van der Waals surface area (Å²) in [5.41, 5.74) is 0. The summed E-state index contributed by atoms with van der Waals surface area (Å²) in [6.45, 7) is 4.93. The summed E-state index contributed by atoms with van der Waals surface area (Å²) in [4.78, 5) is 24.6. The Morgan fingerprint density at radius 3 is 0.986 bits per heavy atom. The van der Waals surface area contributed by atoms with Gasteiger partial charge in [0, 0.05) is 12.8 Å². The van der Waals surface area contributed by atoms with Crippen molar-refractivity contribution in [2.45, 2.75) is 366 Å². The molecule has 0 aliphatic heterocycles. The van der Waals surface area contributed by atoms with E-state index in [1.165, 1.54) is 289 Å². The highest BCUT2D eigenvalue weighted by atomic mass is 16.5. The van der Waals surface area contributed by atoms with Gasteiger partial charge < -0.3 is 20.3 Å². The molecular weight excluding hydrogens is 851 g/mol. The number of esters is 1. The summed E-state index contributed by atoms with van der Waals surface area (Å²) in [5.74, 6) is -0.0616. The van der Waals surface area contributed by atoms with E-state index in [2.05, 4.69) is 19.2 Å². The molecule has 0 aromatic carbocycles. The second kappa shape index (κ2) is 59.2. The molecule has 0 aliphatic rings. The summed E-state index contributed by atoms with van der Waals surface area (Å²) in [6, 6.07) is -0.632. The molecule has 410 valence electrons. The number of carbonyl (C=O) groups excluding carboxylic acids is 2. The third-order valence-electron chi connectivity index (χ3n) is 14.8. The molecule has 0 saturated carbocycles. The largest absolute Gasteiger partial charge is 0.466 e. The van der Waals surface area contributed by atoms with E-state index in [-0.39, 0.29) is 18.5 Å². The number of amides is 1. The van der Waals surface area contributed by atoms with Crippen LogP contribution >= 0.6 is 0 Å². The predicted molar refractivity (Wildman–Crippen MR) is 301 cm³/mol. The quantitative estimate of drug-likeness (QED) is 0.0321. The first-order valence-corrected chi connectivity index (χ1v) is 31.5. The zero-order valence-corrected chi connectivity index (χ0v) is 46.8. The van der Waals surface area contributed by atoms with Gasteiger partial charge in [-0.1, -0.05) is 321 Å². The molecule has 3 N–H and O–H groups in total. The second-order valence-corrected chi connectivity index (χ2v) is 21.8. The van der Waals surface area contributed by atoms with E-state index in [0.29, 0.717) is 19.4 Å². The van der Waals surface area contributed by atoms with Crippen LogP contribution in [0, 0.1) is 0 Å². The van der Waals surface area contributed by atoms with Crippen LogP contribution in [0.5, 0.6) is 0 Å². The number of unbranched alkanes of at least 4 members (excludes halogenated alkanes) is 48. The van der Waals surface area contributed by atoms with Crippen LogP contribution in [0.15, 0.2) is 12.2 Å². The molecule has 69 heavy (non-hydrogen) atoms. The Balaban J connectivity index is 3.43. The van der Waals surface area contributed by atoms with Crippen LogP contribution in [0.4, 0.5) is 0 Å². The Bertz CT molecular complexity index is 1030. The molecule has 0 bridgehead atoms. The average Bonchev–Trinajstić information content (AvgIpc) is 3.35. The van der Waals surface area contributed by atoms with E-state index in [1.807, 2.05) is 6.08 Å². The van der Waals surface area contributed by atoms with Crippen molar-refractivity contribution in [3.8, 4) is 0 Å². The maximum atomic E-state index is 12.5. The van der Waals surface area contributed by atoms with Crippen LogP contribution in [0.1, 0.15) is 354 Å². The number of ether oxygens (including phenoxy) is 1. The average molecular weight is 975 g/mol. The van der Waals surface area contributed by atoms with E-state index < -0.39 is 12.1 Å². The lowest BCUT2D eigenvalue weighted by Crippen LogP contribution is -2.45. The molecule has 6 nitrogen and oxygen atoms in total. The topological polar surface area (TPSA) is 95.9 Å². The number of rotatable bonds is 59. The van der Waals surface area contributed by atoms with Gasteiger partial charge in [-0.15, -0.1) is 0 Å². The number of carbonyl (C=O) groups is 2. The summed E-state index contributed by atoms with van der Waals surface area (Å²) in [6.07, 6.45) is 71.0. The molecule has 6 heteroatoms. The lowest BCUT2D eigenvalue weighted by atomic mass is 10.0. The number of aliphatic hydroxyl groups excluding tert-OH is 2. The van der Waals surface area contributed by atoms with Crippen molar-refractivity contribution < 1.29 is 24.5 Å². The number of nitrogens with one attached hydrogen (secondary N) is 1. The monoisotopic (exact) mass is 974 g/mol. The molecule has 0 radical (unpaired) electrons. The Morgan fingerprint density at radius 1 is 0.391 bits per heavy atom. The highest BCUT2D eigenvalue weighted by Gasteiger charge is 2.18. The van der Waals surface area contributed by atoms with Crippen molar-refractivity contribution in [2.75, 3.05) is 13.2 Å². The third-order valence-corrected chi connectivity index (χ3v) is 14.8. The lowest BCUT2D eigenvalue weighted by molar-refractivity contribution is -0.143. The highest BCUT2D eigenvalue weighted by molar-refractivity contribution is 5.76. The minimum absolute atomic E-state index is 0.00767. The normalized spacial score (nSPS) is 12.6. The fourth-order valence-corrected chi connectivity index (χ4v) is 9.99. The van der Waals surface area contributed by atoms with E-state index >= 15 is 0 Å². The lowest BCUT2D eigenvalue weighted by Gasteiger charge is -2.20. The van der Waals surface area contributed by atoms with Gasteiger partial charge in [-0.3, -0.25) is 9.59 Å². The van der Waals surface area contributed by atoms with Gasteiger partial charge >= 0.3 is 5.97 Å². The molecule has 0 rings (SSSR count). The van der Waals surface area contributed by atoms with Crippen molar-refractivity contribution >= 4 is 11.9 Å². The molecule has 0 fully saturated rings. The van der Waals surface area contributed by atoms with Gasteiger partial charge in [0.1, 0.15) is 0 Å². The Labute approximate surface area is 431 Å². The standard InChI is InChI=1S/C63H123NO5/c1-3-5-7-9-11-13-15-17-19-20-21-22-23-25-28-31-35-39-43-47-51-55-61(66)60(59-65)64-62(67)56-52-48-44-40-36-32-29-26-24-27-30-34-38-42-46-50-54-58-69-63(68)57-53-49-45-41-37-33-18-16-14-12-10-8-6-4-2/h51,55,60-61,65-66H,3-50,52-54,56-59H2,1-2H3,(H,64,67)/b55-51+. The molecule has 0 aliphatic carbocycles. The Morgan fingerprint density at radius 2 is 0.667 bits per heavy atom. The molecule has 0 aromatic heterocycles. The molecule has 0 saturated heterocycles. The number of hydrogen-bond acceptors (Lipinski definition) is 5. The van der Waals surface area contributed by atoms with Crippen LogP contribution in [0.25, 0.3) is 0 Å². The molecule has 0 aromatic rings. The zero-order chi connectivity index (χ0) is 50.0. The van der Waals surface area contributed by atoms with Gasteiger partial charge in [-0.25, -0.2) is 0 Å². The van der Waals surface area contributed by atoms with Gasteiger partial charge in [-0.2, -0.15) is 0 Å². The maximum Gasteiger partial charge on any atom is 0.305 e. The summed E-state index contributed by atoms with van der Waals surface area (Å²) in [7, 11) is 0. The number of hydrogen-bond donors (Lipinski definition) is 3. The van der Waals surface area contributed by atoms with Crippen molar-refractivity contribution in [1.82, 2.24) is 5.32 Å². The van der Waals surface area contributed by atoms with Gasteiger partial charge in [-0.05, 0) is 32.1 Å². The summed E-state index contributed by atoms with van der Waals surface area (Å²) in [5, 5.41) is 23.2. The maximum absolute atomic E-state index is 12.5. The van der Waals surface area contributed by atoms with E-state index in [1.54, 1.807) is 6.08 Å². The van der Waals surface area contributed by atoms with Crippen LogP contribution in [0.2, 0.25) is 0 Å². The fraction of sp³-hybridized carbons (Fsp3) is 0.937. The first-order valence-electron chi connectivity index (χ1n) is 31.5. The third kappa shape index (κ3) is 55.8. The van der Waals surface area contributed by atoms with Crippen LogP contribution in [0.3, 0.4) is 0 Å². The summed E-state index contributed by atoms with van der Waals surface area (Å²) >= 11 is 0. The van der Waals surface area contributed by atoms with Gasteiger partial charge in [0.25, 0.3) is 0 Å². The van der Waals surface area contributed by atoms with Crippen molar-refractivity contribution in [1.29, 1.82) is 0 Å². The first-order chi connectivity index (χ1) is 34.0. The van der Waals surface area contributed by atoms with E-state index in [4.69, 9.17) is 4.74 Å². The van der Waals surface area contributed by atoms with Crippen molar-refractivity contribution in [3.63, 3.8) is 0 Å². The van der Waals surface area contributed by atoms with E-state index in [9.17, 15) is 19.8 Å². The SMILES string of the molecule is CCCCCCCCCCCCCCCCCCCCC/C=C/C(O)C(CO)NC(=O)CCCCCCCCCCCCCCCCCCCOC(=O)CCCCCCCCCCCCCCCC. The molecule has 0 heterocycles. The number of allylic oxidation sites excluding steroid dienone is 1. The molecule has 0 spiro atoms. The second-order valence-electron chi connectivity index (χ2n) is 21.8. The van der Waals surface area contributed by atoms with E-state index in [0.717, 1.165) is 38.5 Å². The van der Waals surface area contributed by atoms with Gasteiger partial charge in [0.15, 0.2) is 0 Å². The van der Waals surface area contributed by atoms with Crippen LogP contribution in [-0.4, -0.2) is 47.4 Å². The Kier molecular flexibility index (Phi) is 58.0. The summed E-state index contributed by atoms with van der Waals surface area (Å²) < 4.78 is 5.48. The number of aliphatic hydroxyl groups is 2. The highest BCUT2D eigenvalue weighted by Crippen LogP contribution is 2.18. The van der Waals surface area contributed by atoms with Crippen LogP contribution < -0.4 is 5.32 Å². The smallest absolute Gasteiger partial charge is 0.305 e. The molecule has 1 amide bonds. The van der Waals surface area contributed by atoms with Gasteiger partial charge in [0.05, 0.1) is 25.4 Å². The zero-order valence-electron chi connectivity index (χ0n) is 46.8. The van der Waals surface area contributed by atoms with Crippen molar-refractivity contribution in [2.24, 2.45) is 0 Å². The van der Waals surface area contributed by atoms with Gasteiger partial charge in [0.2, 0.25) is 5.91 Å². The molecular formula is C63H123NO5. The molecule has 2 atom stereocenters. The first kappa shape index (κ1) is 67.6. The molecule has 2 unspecified atom stereocenters. The minimum Gasteiger partial charge on any atom is -0.466 e.